The van der Waals surface area contributed by atoms with Gasteiger partial charge in [0.1, 0.15) is 18.1 Å². The van der Waals surface area contributed by atoms with Gasteiger partial charge in [-0.05, 0) is 50.2 Å². The van der Waals surface area contributed by atoms with Crippen molar-refractivity contribution in [2.75, 3.05) is 29.9 Å². The smallest absolute Gasteiger partial charge is 0.261 e. The van der Waals surface area contributed by atoms with Crippen molar-refractivity contribution in [3.8, 4) is 11.5 Å². The lowest BCUT2D eigenvalue weighted by Crippen LogP contribution is -2.42. The van der Waals surface area contributed by atoms with Crippen LogP contribution in [-0.2, 0) is 14.8 Å². The zero-order chi connectivity index (χ0) is 21.2. The highest BCUT2D eigenvalue weighted by atomic mass is 32.2. The average Bonchev–Trinajstić information content (AvgIpc) is 2.78. The molecule has 1 aliphatic rings. The molecule has 3 rings (SSSR count). The van der Waals surface area contributed by atoms with E-state index in [1.165, 1.54) is 19.2 Å². The summed E-state index contributed by atoms with van der Waals surface area (Å²) >= 11 is 0. The molecule has 1 aliphatic heterocycles. The van der Waals surface area contributed by atoms with Crippen LogP contribution in [0.1, 0.15) is 13.8 Å². The van der Waals surface area contributed by atoms with Crippen molar-refractivity contribution in [2.24, 2.45) is 5.41 Å². The SMILES string of the molecule is C=CCN1C(=O)C(C)(C)COc2cc(NS(=O)(=O)c3ccc(OC)cc3)ccc21. The topological polar surface area (TPSA) is 84.9 Å². The normalized spacial score (nSPS) is 15.7. The van der Waals surface area contributed by atoms with Crippen molar-refractivity contribution in [1.82, 2.24) is 0 Å². The van der Waals surface area contributed by atoms with Gasteiger partial charge in [-0.2, -0.15) is 0 Å². The Balaban J connectivity index is 1.93. The van der Waals surface area contributed by atoms with E-state index in [-0.39, 0.29) is 17.4 Å². The standard InChI is InChI=1S/C21H24N2O5S/c1-5-12-23-18-11-6-15(13-19(18)28-14-21(2,3)20(23)24)22-29(25,26)17-9-7-16(27-4)8-10-17/h5-11,13,22H,1,12,14H2,2-4H3. The van der Waals surface area contributed by atoms with E-state index in [0.717, 1.165) is 0 Å². The van der Waals surface area contributed by atoms with Gasteiger partial charge in [-0.3, -0.25) is 9.52 Å². The molecule has 0 radical (unpaired) electrons. The van der Waals surface area contributed by atoms with Crippen LogP contribution in [0.5, 0.6) is 11.5 Å². The second-order valence-corrected chi connectivity index (χ2v) is 9.02. The van der Waals surface area contributed by atoms with E-state index in [0.29, 0.717) is 29.4 Å². The lowest BCUT2D eigenvalue weighted by Gasteiger charge is -2.27. The first-order valence-corrected chi connectivity index (χ1v) is 10.5. The van der Waals surface area contributed by atoms with Gasteiger partial charge in [0, 0.05) is 12.6 Å². The molecule has 1 amide bonds. The van der Waals surface area contributed by atoms with E-state index in [9.17, 15) is 13.2 Å². The highest BCUT2D eigenvalue weighted by Crippen LogP contribution is 2.38. The second kappa shape index (κ2) is 7.79. The number of rotatable bonds is 6. The molecule has 29 heavy (non-hydrogen) atoms. The third-order valence-electron chi connectivity index (χ3n) is 4.60. The monoisotopic (exact) mass is 416 g/mol. The molecule has 0 aromatic heterocycles. The molecular formula is C21H24N2O5S. The summed E-state index contributed by atoms with van der Waals surface area (Å²) in [6, 6.07) is 10.9. The summed E-state index contributed by atoms with van der Waals surface area (Å²) in [5.74, 6) is 0.917. The Morgan fingerprint density at radius 3 is 2.55 bits per heavy atom. The summed E-state index contributed by atoms with van der Waals surface area (Å²) < 4.78 is 38.8. The van der Waals surface area contributed by atoms with E-state index in [1.54, 1.807) is 41.3 Å². The molecule has 0 saturated carbocycles. The lowest BCUT2D eigenvalue weighted by molar-refractivity contribution is -0.127. The maximum Gasteiger partial charge on any atom is 0.261 e. The summed E-state index contributed by atoms with van der Waals surface area (Å²) in [7, 11) is -2.28. The highest BCUT2D eigenvalue weighted by molar-refractivity contribution is 7.92. The van der Waals surface area contributed by atoms with Crippen LogP contribution < -0.4 is 19.1 Å². The Morgan fingerprint density at radius 2 is 1.93 bits per heavy atom. The fraction of sp³-hybridized carbons (Fsp3) is 0.286. The first-order chi connectivity index (χ1) is 13.7. The Morgan fingerprint density at radius 1 is 1.24 bits per heavy atom. The molecule has 1 heterocycles. The fourth-order valence-electron chi connectivity index (χ4n) is 2.99. The zero-order valence-corrected chi connectivity index (χ0v) is 17.5. The van der Waals surface area contributed by atoms with Gasteiger partial charge in [-0.25, -0.2) is 8.42 Å². The van der Waals surface area contributed by atoms with Crippen LogP contribution in [-0.4, -0.2) is 34.6 Å². The van der Waals surface area contributed by atoms with Crippen molar-refractivity contribution in [3.05, 3.63) is 55.1 Å². The molecule has 0 aliphatic carbocycles. The summed E-state index contributed by atoms with van der Waals surface area (Å²) in [4.78, 5) is 14.6. The van der Waals surface area contributed by atoms with E-state index in [1.807, 2.05) is 13.8 Å². The number of sulfonamides is 1. The molecular weight excluding hydrogens is 392 g/mol. The van der Waals surface area contributed by atoms with Gasteiger partial charge >= 0.3 is 0 Å². The molecule has 0 saturated heterocycles. The number of hydrogen-bond donors (Lipinski definition) is 1. The first kappa shape index (κ1) is 20.7. The number of methoxy groups -OCH3 is 1. The van der Waals surface area contributed by atoms with Gasteiger partial charge in [0.25, 0.3) is 10.0 Å². The Labute approximate surface area is 171 Å². The number of amides is 1. The molecule has 7 nitrogen and oxygen atoms in total. The largest absolute Gasteiger partial charge is 0.497 e. The van der Waals surface area contributed by atoms with E-state index in [4.69, 9.17) is 9.47 Å². The lowest BCUT2D eigenvalue weighted by atomic mass is 9.93. The molecule has 0 bridgehead atoms. The molecule has 0 spiro atoms. The number of benzene rings is 2. The van der Waals surface area contributed by atoms with Crippen LogP contribution in [0.2, 0.25) is 0 Å². The van der Waals surface area contributed by atoms with Crippen LogP contribution in [0.15, 0.2) is 60.0 Å². The number of hydrogen-bond acceptors (Lipinski definition) is 5. The van der Waals surface area contributed by atoms with Gasteiger partial charge in [-0.15, -0.1) is 6.58 Å². The van der Waals surface area contributed by atoms with Crippen molar-refractivity contribution in [1.29, 1.82) is 0 Å². The van der Waals surface area contributed by atoms with Gasteiger partial charge in [0.2, 0.25) is 5.91 Å². The Bertz CT molecular complexity index is 1030. The zero-order valence-electron chi connectivity index (χ0n) is 16.6. The average molecular weight is 416 g/mol. The minimum atomic E-state index is -3.79. The molecule has 1 N–H and O–H groups in total. The van der Waals surface area contributed by atoms with Gasteiger partial charge in [-0.1, -0.05) is 6.08 Å². The second-order valence-electron chi connectivity index (χ2n) is 7.34. The highest BCUT2D eigenvalue weighted by Gasteiger charge is 2.37. The van der Waals surface area contributed by atoms with Crippen molar-refractivity contribution in [2.45, 2.75) is 18.7 Å². The van der Waals surface area contributed by atoms with Gasteiger partial charge in [0.15, 0.2) is 0 Å². The number of carbonyl (C=O) groups is 1. The molecule has 0 fully saturated rings. The van der Waals surface area contributed by atoms with E-state index < -0.39 is 15.4 Å². The number of nitrogens with zero attached hydrogens (tertiary/aromatic N) is 1. The summed E-state index contributed by atoms with van der Waals surface area (Å²) in [6.07, 6.45) is 1.64. The van der Waals surface area contributed by atoms with E-state index >= 15 is 0 Å². The van der Waals surface area contributed by atoms with Crippen LogP contribution in [0.4, 0.5) is 11.4 Å². The number of carbonyl (C=O) groups excluding carboxylic acids is 1. The first-order valence-electron chi connectivity index (χ1n) is 9.04. The fourth-order valence-corrected chi connectivity index (χ4v) is 4.04. The number of anilines is 2. The molecule has 2 aromatic rings. The quantitative estimate of drug-likeness (QED) is 0.730. The molecule has 0 atom stereocenters. The third kappa shape index (κ3) is 4.22. The van der Waals surface area contributed by atoms with Crippen LogP contribution in [0, 0.1) is 5.41 Å². The minimum absolute atomic E-state index is 0.0808. The predicted molar refractivity (Wildman–Crippen MR) is 112 cm³/mol. The van der Waals surface area contributed by atoms with Gasteiger partial charge in [0.05, 0.1) is 28.8 Å². The van der Waals surface area contributed by atoms with Crippen LogP contribution >= 0.6 is 0 Å². The van der Waals surface area contributed by atoms with Crippen molar-refractivity contribution >= 4 is 27.3 Å². The number of fused-ring (bicyclic) bond motifs is 1. The van der Waals surface area contributed by atoms with Crippen molar-refractivity contribution < 1.29 is 22.7 Å². The van der Waals surface area contributed by atoms with Gasteiger partial charge < -0.3 is 14.4 Å². The molecule has 8 heteroatoms. The predicted octanol–water partition coefficient (Wildman–Crippen LogP) is 3.43. The van der Waals surface area contributed by atoms with Crippen LogP contribution in [0.25, 0.3) is 0 Å². The summed E-state index contributed by atoms with van der Waals surface area (Å²) in [5.41, 5.74) is 0.197. The number of ether oxygens (including phenoxy) is 2. The maximum absolute atomic E-state index is 12.8. The number of nitrogens with one attached hydrogen (secondary N) is 1. The van der Waals surface area contributed by atoms with Crippen LogP contribution in [0.3, 0.4) is 0 Å². The Kier molecular flexibility index (Phi) is 5.57. The summed E-state index contributed by atoms with van der Waals surface area (Å²) in [6.45, 7) is 7.85. The van der Waals surface area contributed by atoms with E-state index in [2.05, 4.69) is 11.3 Å². The van der Waals surface area contributed by atoms with Crippen molar-refractivity contribution in [3.63, 3.8) is 0 Å². The third-order valence-corrected chi connectivity index (χ3v) is 5.99. The molecule has 0 unspecified atom stereocenters. The minimum Gasteiger partial charge on any atom is -0.497 e. The molecule has 154 valence electrons. The Hall–Kier alpha value is -3.00. The maximum atomic E-state index is 12.8. The summed E-state index contributed by atoms with van der Waals surface area (Å²) in [5, 5.41) is 0. The molecule has 2 aromatic carbocycles.